The van der Waals surface area contributed by atoms with Gasteiger partial charge in [-0.05, 0) is 40.4 Å². The number of esters is 1. The monoisotopic (exact) mass is 254 g/mol. The average Bonchev–Trinajstić information content (AvgIpc) is 2.66. The van der Waals surface area contributed by atoms with E-state index in [0.29, 0.717) is 12.4 Å². The highest BCUT2D eigenvalue weighted by Crippen LogP contribution is 2.12. The molecule has 6 heteroatoms. The number of nitrogens with two attached hydrogens (primary N) is 1. The largest absolute Gasteiger partial charge is 0.461 e. The summed E-state index contributed by atoms with van der Waals surface area (Å²) in [5, 5.41) is 0. The second kappa shape index (κ2) is 7.00. The Morgan fingerprint density at radius 3 is 2.83 bits per heavy atom. The molecule has 6 nitrogen and oxygen atoms in total. The lowest BCUT2D eigenvalue weighted by molar-refractivity contribution is 0.0521. The fourth-order valence-electron chi connectivity index (χ4n) is 1.64. The van der Waals surface area contributed by atoms with Crippen molar-refractivity contribution in [2.45, 2.75) is 26.3 Å². The Bertz CT molecular complexity index is 387. The van der Waals surface area contributed by atoms with E-state index in [-0.39, 0.29) is 5.69 Å². The van der Waals surface area contributed by atoms with E-state index in [2.05, 4.69) is 9.88 Å². The van der Waals surface area contributed by atoms with Crippen LogP contribution in [0.3, 0.4) is 0 Å². The minimum Gasteiger partial charge on any atom is -0.461 e. The van der Waals surface area contributed by atoms with Gasteiger partial charge in [-0.25, -0.2) is 9.78 Å². The number of carbonyl (C=O) groups is 1. The number of anilines is 1. The Morgan fingerprint density at radius 1 is 1.50 bits per heavy atom. The van der Waals surface area contributed by atoms with Crippen LogP contribution in [0.25, 0.3) is 0 Å². The molecule has 1 heterocycles. The fourth-order valence-corrected chi connectivity index (χ4v) is 1.64. The molecule has 0 aliphatic rings. The summed E-state index contributed by atoms with van der Waals surface area (Å²) >= 11 is 0. The Labute approximate surface area is 108 Å². The van der Waals surface area contributed by atoms with Gasteiger partial charge in [0, 0.05) is 6.54 Å². The first-order valence-corrected chi connectivity index (χ1v) is 6.18. The normalized spacial score (nSPS) is 10.9. The number of nitrogen functional groups attached to an aromatic ring is 1. The number of hydrogen-bond donors (Lipinski definition) is 1. The van der Waals surface area contributed by atoms with Gasteiger partial charge in [0.2, 0.25) is 0 Å². The smallest absolute Gasteiger partial charge is 0.360 e. The van der Waals surface area contributed by atoms with Crippen molar-refractivity contribution in [2.24, 2.45) is 0 Å². The first-order chi connectivity index (χ1) is 8.56. The van der Waals surface area contributed by atoms with Crippen LogP contribution in [0.1, 0.15) is 30.3 Å². The Morgan fingerprint density at radius 2 is 2.22 bits per heavy atom. The first-order valence-electron chi connectivity index (χ1n) is 6.18. The lowest BCUT2D eigenvalue weighted by atomic mass is 10.3. The minimum absolute atomic E-state index is 0.212. The second-order valence-corrected chi connectivity index (χ2v) is 4.40. The molecular formula is C12H22N4O2. The number of carbonyl (C=O) groups excluding carboxylic acids is 1. The van der Waals surface area contributed by atoms with Crippen LogP contribution in [-0.2, 0) is 11.3 Å². The van der Waals surface area contributed by atoms with E-state index < -0.39 is 5.97 Å². The highest BCUT2D eigenvalue weighted by molar-refractivity contribution is 5.92. The van der Waals surface area contributed by atoms with Crippen LogP contribution in [0.2, 0.25) is 0 Å². The third-order valence-corrected chi connectivity index (χ3v) is 2.60. The van der Waals surface area contributed by atoms with Gasteiger partial charge in [-0.2, -0.15) is 0 Å². The van der Waals surface area contributed by atoms with Crippen molar-refractivity contribution in [1.29, 1.82) is 0 Å². The third kappa shape index (κ3) is 4.03. The number of ether oxygens (including phenoxy) is 1. The van der Waals surface area contributed by atoms with Crippen LogP contribution in [0.5, 0.6) is 0 Å². The van der Waals surface area contributed by atoms with Crippen molar-refractivity contribution in [3.05, 3.63) is 12.0 Å². The zero-order valence-electron chi connectivity index (χ0n) is 11.3. The summed E-state index contributed by atoms with van der Waals surface area (Å²) in [7, 11) is 4.09. The SMILES string of the molecule is CCOC(=O)c1ncn(CCCCN(C)C)c1N. The molecule has 2 N–H and O–H groups in total. The van der Waals surface area contributed by atoms with E-state index >= 15 is 0 Å². The highest BCUT2D eigenvalue weighted by atomic mass is 16.5. The summed E-state index contributed by atoms with van der Waals surface area (Å²) in [5.41, 5.74) is 6.08. The Kier molecular flexibility index (Phi) is 5.64. The van der Waals surface area contributed by atoms with Crippen molar-refractivity contribution < 1.29 is 9.53 Å². The molecule has 0 unspecified atom stereocenters. The molecule has 0 aliphatic heterocycles. The Hall–Kier alpha value is -1.56. The van der Waals surface area contributed by atoms with E-state index in [9.17, 15) is 4.79 Å². The molecule has 0 saturated heterocycles. The van der Waals surface area contributed by atoms with Gasteiger partial charge < -0.3 is 19.9 Å². The summed E-state index contributed by atoms with van der Waals surface area (Å²) in [5.74, 6) is -0.0691. The molecule has 1 aromatic rings. The summed E-state index contributed by atoms with van der Waals surface area (Å²) < 4.78 is 6.67. The van der Waals surface area contributed by atoms with Crippen LogP contribution >= 0.6 is 0 Å². The van der Waals surface area contributed by atoms with E-state index in [1.807, 2.05) is 14.1 Å². The zero-order chi connectivity index (χ0) is 13.5. The van der Waals surface area contributed by atoms with E-state index in [0.717, 1.165) is 25.9 Å². The molecule has 0 fully saturated rings. The molecule has 1 aromatic heterocycles. The number of imidazole rings is 1. The lowest BCUT2D eigenvalue weighted by Gasteiger charge is -2.09. The number of hydrogen-bond acceptors (Lipinski definition) is 5. The standard InChI is InChI=1S/C12H22N4O2/c1-4-18-12(17)10-11(13)16(9-14-10)8-6-5-7-15(2)3/h9H,4-8,13H2,1-3H3. The summed E-state index contributed by atoms with van der Waals surface area (Å²) in [4.78, 5) is 17.7. The maximum atomic E-state index is 11.5. The topological polar surface area (TPSA) is 73.4 Å². The van der Waals surface area contributed by atoms with Crippen LogP contribution in [0.4, 0.5) is 5.82 Å². The number of aryl methyl sites for hydroxylation is 1. The molecule has 18 heavy (non-hydrogen) atoms. The zero-order valence-corrected chi connectivity index (χ0v) is 11.3. The Balaban J connectivity index is 2.50. The van der Waals surface area contributed by atoms with Gasteiger partial charge >= 0.3 is 5.97 Å². The van der Waals surface area contributed by atoms with Crippen molar-refractivity contribution >= 4 is 11.8 Å². The maximum absolute atomic E-state index is 11.5. The first kappa shape index (κ1) is 14.5. The van der Waals surface area contributed by atoms with Crippen molar-refractivity contribution in [3.8, 4) is 0 Å². The van der Waals surface area contributed by atoms with Gasteiger partial charge in [-0.15, -0.1) is 0 Å². The molecule has 0 aliphatic carbocycles. The van der Waals surface area contributed by atoms with Crippen molar-refractivity contribution in [1.82, 2.24) is 14.5 Å². The van der Waals surface area contributed by atoms with E-state index in [1.165, 1.54) is 0 Å². The number of nitrogens with zero attached hydrogens (tertiary/aromatic N) is 3. The summed E-state index contributed by atoms with van der Waals surface area (Å²) in [6.45, 7) is 3.89. The maximum Gasteiger partial charge on any atom is 0.360 e. The van der Waals surface area contributed by atoms with Crippen molar-refractivity contribution in [2.75, 3.05) is 33.0 Å². The van der Waals surface area contributed by atoms with Crippen LogP contribution in [-0.4, -0.2) is 47.7 Å². The van der Waals surface area contributed by atoms with Crippen LogP contribution < -0.4 is 5.73 Å². The molecular weight excluding hydrogens is 232 g/mol. The molecule has 0 radical (unpaired) electrons. The van der Waals surface area contributed by atoms with Gasteiger partial charge in [-0.3, -0.25) is 0 Å². The second-order valence-electron chi connectivity index (χ2n) is 4.40. The van der Waals surface area contributed by atoms with Crippen LogP contribution in [0, 0.1) is 0 Å². The molecule has 1 rings (SSSR count). The number of rotatable bonds is 7. The molecule has 0 spiro atoms. The van der Waals surface area contributed by atoms with Crippen LogP contribution in [0.15, 0.2) is 6.33 Å². The van der Waals surface area contributed by atoms with E-state index in [4.69, 9.17) is 10.5 Å². The summed E-state index contributed by atoms with van der Waals surface area (Å²) in [6, 6.07) is 0. The quantitative estimate of drug-likeness (QED) is 0.580. The van der Waals surface area contributed by atoms with Gasteiger partial charge in [-0.1, -0.05) is 0 Å². The number of aromatic nitrogens is 2. The van der Waals surface area contributed by atoms with Gasteiger partial charge in [0.15, 0.2) is 5.69 Å². The van der Waals surface area contributed by atoms with Gasteiger partial charge in [0.25, 0.3) is 0 Å². The predicted octanol–water partition coefficient (Wildman–Crippen LogP) is 0.984. The molecule has 0 aromatic carbocycles. The number of unbranched alkanes of at least 4 members (excludes halogenated alkanes) is 1. The molecule has 102 valence electrons. The summed E-state index contributed by atoms with van der Waals surface area (Å²) in [6.07, 6.45) is 3.68. The van der Waals surface area contributed by atoms with E-state index in [1.54, 1.807) is 17.8 Å². The molecule has 0 bridgehead atoms. The van der Waals surface area contributed by atoms with Gasteiger partial charge in [0.05, 0.1) is 12.9 Å². The molecule has 0 amide bonds. The molecule has 0 saturated carbocycles. The predicted molar refractivity (Wildman–Crippen MR) is 70.4 cm³/mol. The third-order valence-electron chi connectivity index (χ3n) is 2.60. The van der Waals surface area contributed by atoms with Gasteiger partial charge in [0.1, 0.15) is 5.82 Å². The molecule has 0 atom stereocenters. The lowest BCUT2D eigenvalue weighted by Crippen LogP contribution is -2.14. The van der Waals surface area contributed by atoms with Crippen molar-refractivity contribution in [3.63, 3.8) is 0 Å². The highest BCUT2D eigenvalue weighted by Gasteiger charge is 2.16. The average molecular weight is 254 g/mol. The fraction of sp³-hybridized carbons (Fsp3) is 0.667. The minimum atomic E-state index is -0.456.